The van der Waals surface area contributed by atoms with Crippen molar-refractivity contribution in [1.82, 2.24) is 20.4 Å². The van der Waals surface area contributed by atoms with Gasteiger partial charge in [0.2, 0.25) is 6.41 Å². The number of rotatable bonds is 3. The lowest BCUT2D eigenvalue weighted by Crippen LogP contribution is -2.60. The summed E-state index contributed by atoms with van der Waals surface area (Å²) in [5, 5.41) is 11.0. The lowest BCUT2D eigenvalue weighted by molar-refractivity contribution is -0.141. The van der Waals surface area contributed by atoms with E-state index in [1.807, 2.05) is 0 Å². The van der Waals surface area contributed by atoms with Crippen LogP contribution in [0, 0.1) is 11.8 Å². The van der Waals surface area contributed by atoms with Crippen molar-refractivity contribution < 1.29 is 31.1 Å². The van der Waals surface area contributed by atoms with Crippen LogP contribution in [0.15, 0.2) is 60.8 Å². The Hall–Kier alpha value is -3.91. The molecule has 0 radical (unpaired) electrons. The molecule has 0 bridgehead atoms. The molecule has 1 amide bonds. The number of piperazine rings is 1. The molecule has 1 unspecified atom stereocenters. The summed E-state index contributed by atoms with van der Waals surface area (Å²) in [6.45, 7) is 0.353. The standard InChI is InChI=1S/C25H18F6N4O/c26-24(27,28)19-9-6-17(7-10-19)5-8-18-11-12-33-34-22(18)23(15-32-13-14-35(23)16-36)20-3-1-2-4-21(20)25(29,30)31/h1-4,6-7,9-12,16,32H,13-15H2. The van der Waals surface area contributed by atoms with E-state index < -0.39 is 29.0 Å². The summed E-state index contributed by atoms with van der Waals surface area (Å²) in [6, 6.07) is 10.5. The van der Waals surface area contributed by atoms with Crippen LogP contribution in [0.2, 0.25) is 0 Å². The Kier molecular flexibility index (Phi) is 6.73. The Morgan fingerprint density at radius 3 is 2.33 bits per heavy atom. The number of hydrogen-bond acceptors (Lipinski definition) is 4. The summed E-state index contributed by atoms with van der Waals surface area (Å²) in [5.74, 6) is 5.53. The molecule has 3 aromatic rings. The zero-order chi connectivity index (χ0) is 26.0. The molecular formula is C25H18F6N4O. The normalized spacial score (nSPS) is 18.3. The van der Waals surface area contributed by atoms with Gasteiger partial charge in [0.05, 0.1) is 22.9 Å². The second kappa shape index (κ2) is 9.62. The largest absolute Gasteiger partial charge is 0.416 e. The van der Waals surface area contributed by atoms with E-state index in [4.69, 9.17) is 0 Å². The number of nitrogens with zero attached hydrogens (tertiary/aromatic N) is 3. The van der Waals surface area contributed by atoms with E-state index in [9.17, 15) is 31.1 Å². The number of hydrogen-bond donors (Lipinski definition) is 1. The Labute approximate surface area is 202 Å². The summed E-state index contributed by atoms with van der Waals surface area (Å²) in [4.78, 5) is 13.4. The van der Waals surface area contributed by atoms with E-state index in [0.717, 1.165) is 18.2 Å². The highest BCUT2D eigenvalue weighted by molar-refractivity contribution is 5.59. The highest BCUT2D eigenvalue weighted by Crippen LogP contribution is 2.43. The highest BCUT2D eigenvalue weighted by atomic mass is 19.4. The Morgan fingerprint density at radius 1 is 0.944 bits per heavy atom. The molecule has 1 fully saturated rings. The van der Waals surface area contributed by atoms with Crippen molar-refractivity contribution in [3.63, 3.8) is 0 Å². The van der Waals surface area contributed by atoms with Crippen molar-refractivity contribution in [2.45, 2.75) is 17.9 Å². The SMILES string of the molecule is O=CN1CCNCC1(c1ccccc1C(F)(F)F)c1nnccc1C#Cc1ccc(C(F)(F)F)cc1. The van der Waals surface area contributed by atoms with Gasteiger partial charge in [0.15, 0.2) is 0 Å². The van der Waals surface area contributed by atoms with Crippen LogP contribution in [0.5, 0.6) is 0 Å². The summed E-state index contributed by atoms with van der Waals surface area (Å²) < 4.78 is 80.7. The zero-order valence-corrected chi connectivity index (χ0v) is 18.5. The molecule has 36 heavy (non-hydrogen) atoms. The van der Waals surface area contributed by atoms with Gasteiger partial charge in [-0.05, 0) is 42.0 Å². The molecule has 0 aliphatic carbocycles. The Bertz CT molecular complexity index is 1310. The van der Waals surface area contributed by atoms with Crippen molar-refractivity contribution in [3.05, 3.63) is 94.3 Å². The van der Waals surface area contributed by atoms with E-state index in [1.54, 1.807) is 0 Å². The molecular weight excluding hydrogens is 486 g/mol. The number of aromatic nitrogens is 2. The fourth-order valence-electron chi connectivity index (χ4n) is 4.21. The first-order valence-electron chi connectivity index (χ1n) is 10.7. The topological polar surface area (TPSA) is 58.1 Å². The first-order chi connectivity index (χ1) is 17.1. The van der Waals surface area contributed by atoms with E-state index in [0.29, 0.717) is 13.0 Å². The maximum atomic E-state index is 14.0. The molecule has 186 valence electrons. The molecule has 4 rings (SSSR count). The number of amides is 1. The second-order valence-electron chi connectivity index (χ2n) is 8.00. The van der Waals surface area contributed by atoms with E-state index in [-0.39, 0.29) is 35.5 Å². The van der Waals surface area contributed by atoms with Crippen molar-refractivity contribution in [1.29, 1.82) is 0 Å². The van der Waals surface area contributed by atoms with Crippen molar-refractivity contribution in [3.8, 4) is 11.8 Å². The van der Waals surface area contributed by atoms with Crippen LogP contribution in [0.4, 0.5) is 26.3 Å². The second-order valence-corrected chi connectivity index (χ2v) is 8.00. The number of carbonyl (C=O) groups is 1. The van der Waals surface area contributed by atoms with Crippen molar-refractivity contribution in [2.75, 3.05) is 19.6 Å². The van der Waals surface area contributed by atoms with Gasteiger partial charge in [-0.1, -0.05) is 30.0 Å². The molecule has 1 saturated heterocycles. The predicted molar refractivity (Wildman–Crippen MR) is 117 cm³/mol. The molecule has 5 nitrogen and oxygen atoms in total. The van der Waals surface area contributed by atoms with Crippen LogP contribution in [0.25, 0.3) is 0 Å². The quantitative estimate of drug-likeness (QED) is 0.330. The van der Waals surface area contributed by atoms with Gasteiger partial charge in [0.25, 0.3) is 0 Å². The number of nitrogens with one attached hydrogen (secondary N) is 1. The number of halogens is 6. The van der Waals surface area contributed by atoms with Crippen LogP contribution < -0.4 is 5.32 Å². The van der Waals surface area contributed by atoms with Gasteiger partial charge in [-0.25, -0.2) is 0 Å². The molecule has 1 atom stereocenters. The molecule has 2 aromatic carbocycles. The predicted octanol–water partition coefficient (Wildman–Crippen LogP) is 4.22. The minimum Gasteiger partial charge on any atom is -0.327 e. The van der Waals surface area contributed by atoms with E-state index in [2.05, 4.69) is 27.4 Å². The number of alkyl halides is 6. The average Bonchev–Trinajstić information content (AvgIpc) is 2.87. The first kappa shape index (κ1) is 25.2. The molecule has 1 N–H and O–H groups in total. The van der Waals surface area contributed by atoms with Gasteiger partial charge in [-0.3, -0.25) is 4.79 Å². The van der Waals surface area contributed by atoms with Gasteiger partial charge in [0.1, 0.15) is 11.2 Å². The third-order valence-electron chi connectivity index (χ3n) is 5.87. The lowest BCUT2D eigenvalue weighted by Gasteiger charge is -2.46. The summed E-state index contributed by atoms with van der Waals surface area (Å²) >= 11 is 0. The maximum absolute atomic E-state index is 14.0. The van der Waals surface area contributed by atoms with E-state index in [1.165, 1.54) is 47.5 Å². The third-order valence-corrected chi connectivity index (χ3v) is 5.87. The monoisotopic (exact) mass is 504 g/mol. The van der Waals surface area contributed by atoms with Gasteiger partial charge in [-0.2, -0.15) is 36.5 Å². The zero-order valence-electron chi connectivity index (χ0n) is 18.5. The lowest BCUT2D eigenvalue weighted by atomic mass is 9.79. The highest BCUT2D eigenvalue weighted by Gasteiger charge is 2.49. The van der Waals surface area contributed by atoms with Gasteiger partial charge in [0, 0.05) is 25.2 Å². The Balaban J connectivity index is 1.89. The molecule has 2 heterocycles. The van der Waals surface area contributed by atoms with E-state index >= 15 is 0 Å². The Morgan fingerprint density at radius 2 is 1.67 bits per heavy atom. The number of carbonyl (C=O) groups excluding carboxylic acids is 1. The van der Waals surface area contributed by atoms with Crippen LogP contribution in [-0.2, 0) is 22.7 Å². The summed E-state index contributed by atoms with van der Waals surface area (Å²) in [7, 11) is 0. The fourth-order valence-corrected chi connectivity index (χ4v) is 4.21. The molecule has 11 heteroatoms. The maximum Gasteiger partial charge on any atom is 0.416 e. The van der Waals surface area contributed by atoms with Crippen molar-refractivity contribution >= 4 is 6.41 Å². The first-order valence-corrected chi connectivity index (χ1v) is 10.7. The van der Waals surface area contributed by atoms with Gasteiger partial charge in [-0.15, -0.1) is 0 Å². The van der Waals surface area contributed by atoms with Crippen LogP contribution in [0.3, 0.4) is 0 Å². The molecule has 0 spiro atoms. The summed E-state index contributed by atoms with van der Waals surface area (Å²) in [5.41, 5.74) is -3.22. The summed E-state index contributed by atoms with van der Waals surface area (Å²) in [6.07, 6.45) is -7.45. The smallest absolute Gasteiger partial charge is 0.327 e. The fraction of sp³-hybridized carbons (Fsp3) is 0.240. The minimum atomic E-state index is -4.72. The molecule has 1 aromatic heterocycles. The van der Waals surface area contributed by atoms with Crippen LogP contribution >= 0.6 is 0 Å². The average molecular weight is 504 g/mol. The minimum absolute atomic E-state index is 0.0143. The van der Waals surface area contributed by atoms with Gasteiger partial charge < -0.3 is 10.2 Å². The molecule has 0 saturated carbocycles. The van der Waals surface area contributed by atoms with Gasteiger partial charge >= 0.3 is 12.4 Å². The third kappa shape index (κ3) is 4.77. The number of benzene rings is 2. The van der Waals surface area contributed by atoms with Crippen LogP contribution in [-0.4, -0.2) is 41.1 Å². The molecule has 1 aliphatic heterocycles. The van der Waals surface area contributed by atoms with Crippen molar-refractivity contribution in [2.24, 2.45) is 0 Å². The molecule has 1 aliphatic rings. The van der Waals surface area contributed by atoms with Crippen LogP contribution in [0.1, 0.15) is 33.5 Å².